The van der Waals surface area contributed by atoms with Gasteiger partial charge < -0.3 is 16.2 Å². The molecule has 1 aliphatic rings. The van der Waals surface area contributed by atoms with Gasteiger partial charge in [-0.05, 0) is 36.7 Å². The highest BCUT2D eigenvalue weighted by Crippen LogP contribution is 2.43. The van der Waals surface area contributed by atoms with Gasteiger partial charge in [0.05, 0.1) is 12.5 Å². The molecule has 1 saturated carbocycles. The van der Waals surface area contributed by atoms with E-state index >= 15 is 0 Å². The number of aliphatic carboxylic acids is 1. The normalized spacial score (nSPS) is 18.8. The highest BCUT2D eigenvalue weighted by atomic mass is 32.2. The third-order valence-electron chi connectivity index (χ3n) is 3.55. The Hall–Kier alpha value is -0.750. The second-order valence-electron chi connectivity index (χ2n) is 5.03. The van der Waals surface area contributed by atoms with E-state index < -0.39 is 12.0 Å². The van der Waals surface area contributed by atoms with Gasteiger partial charge in [0.25, 0.3) is 0 Å². The van der Waals surface area contributed by atoms with Crippen LogP contribution in [0.4, 0.5) is 0 Å². The summed E-state index contributed by atoms with van der Waals surface area (Å²) in [7, 11) is 0. The van der Waals surface area contributed by atoms with Crippen LogP contribution in [-0.4, -0.2) is 41.6 Å². The largest absolute Gasteiger partial charge is 0.481 e. The molecule has 0 bridgehead atoms. The molecule has 1 fully saturated rings. The molecule has 6 heteroatoms. The van der Waals surface area contributed by atoms with Crippen molar-refractivity contribution in [1.29, 1.82) is 0 Å². The molecule has 4 N–H and O–H groups in total. The van der Waals surface area contributed by atoms with Gasteiger partial charge in [0.2, 0.25) is 5.91 Å². The van der Waals surface area contributed by atoms with E-state index in [0.717, 1.165) is 25.0 Å². The number of nitrogens with one attached hydrogen (secondary N) is 1. The average molecular weight is 274 g/mol. The molecule has 18 heavy (non-hydrogen) atoms. The summed E-state index contributed by atoms with van der Waals surface area (Å²) in [5.74, 6) is -0.106. The van der Waals surface area contributed by atoms with Crippen LogP contribution in [0.2, 0.25) is 0 Å². The van der Waals surface area contributed by atoms with E-state index in [1.807, 2.05) is 6.26 Å². The number of carboxylic acids is 1. The van der Waals surface area contributed by atoms with Crippen LogP contribution >= 0.6 is 11.8 Å². The number of nitrogens with two attached hydrogens (primary N) is 1. The van der Waals surface area contributed by atoms with Gasteiger partial charge in [0.1, 0.15) is 0 Å². The number of hydrogen-bond acceptors (Lipinski definition) is 4. The van der Waals surface area contributed by atoms with E-state index in [9.17, 15) is 9.59 Å². The lowest BCUT2D eigenvalue weighted by atomic mass is 9.66. The molecule has 0 radical (unpaired) electrons. The molecule has 0 saturated heterocycles. The van der Waals surface area contributed by atoms with Crippen molar-refractivity contribution in [1.82, 2.24) is 5.32 Å². The maximum atomic E-state index is 11.7. The summed E-state index contributed by atoms with van der Waals surface area (Å²) in [5, 5.41) is 11.7. The third-order valence-corrected chi connectivity index (χ3v) is 4.19. The van der Waals surface area contributed by atoms with E-state index in [2.05, 4.69) is 5.32 Å². The lowest BCUT2D eigenvalue weighted by Crippen LogP contribution is -2.48. The molecule has 1 atom stereocenters. The van der Waals surface area contributed by atoms with E-state index in [0.29, 0.717) is 13.0 Å². The smallest absolute Gasteiger partial charge is 0.303 e. The van der Waals surface area contributed by atoms with Crippen LogP contribution < -0.4 is 11.1 Å². The van der Waals surface area contributed by atoms with Crippen LogP contribution in [0.25, 0.3) is 0 Å². The van der Waals surface area contributed by atoms with Gasteiger partial charge in [-0.3, -0.25) is 9.59 Å². The molecule has 0 spiro atoms. The Kier molecular flexibility index (Phi) is 5.95. The van der Waals surface area contributed by atoms with Gasteiger partial charge in [-0.1, -0.05) is 6.42 Å². The molecular formula is C12H22N2O3S. The van der Waals surface area contributed by atoms with Crippen LogP contribution in [0.15, 0.2) is 0 Å². The number of rotatable bonds is 8. The fraction of sp³-hybridized carbons (Fsp3) is 0.833. The van der Waals surface area contributed by atoms with Crippen molar-refractivity contribution >= 4 is 23.6 Å². The van der Waals surface area contributed by atoms with Crippen molar-refractivity contribution in [3.63, 3.8) is 0 Å². The zero-order valence-corrected chi connectivity index (χ0v) is 11.6. The standard InChI is InChI=1S/C12H22N2O3S/c1-18-6-3-9(13)11(17)14-8-12(4-2-5-12)7-10(15)16/h9H,2-8,13H2,1H3,(H,14,17)(H,15,16)/t9-/m1/s1. The van der Waals surface area contributed by atoms with Crippen molar-refractivity contribution in [3.05, 3.63) is 0 Å². The van der Waals surface area contributed by atoms with Crippen LogP contribution in [0.1, 0.15) is 32.1 Å². The van der Waals surface area contributed by atoms with Gasteiger partial charge >= 0.3 is 5.97 Å². The van der Waals surface area contributed by atoms with Crippen molar-refractivity contribution < 1.29 is 14.7 Å². The molecule has 0 aromatic heterocycles. The first-order valence-corrected chi connectivity index (χ1v) is 7.62. The van der Waals surface area contributed by atoms with E-state index in [-0.39, 0.29) is 17.7 Å². The zero-order chi connectivity index (χ0) is 13.6. The van der Waals surface area contributed by atoms with Gasteiger partial charge in [-0.25, -0.2) is 0 Å². The number of carboxylic acid groups (broad SMARTS) is 1. The van der Waals surface area contributed by atoms with Crippen LogP contribution in [0, 0.1) is 5.41 Å². The van der Waals surface area contributed by atoms with Crippen molar-refractivity contribution in [2.75, 3.05) is 18.6 Å². The first-order valence-electron chi connectivity index (χ1n) is 6.23. The number of carbonyl (C=O) groups is 2. The van der Waals surface area contributed by atoms with Crippen molar-refractivity contribution in [2.24, 2.45) is 11.1 Å². The molecule has 1 aliphatic carbocycles. The number of hydrogen-bond donors (Lipinski definition) is 3. The lowest BCUT2D eigenvalue weighted by Gasteiger charge is -2.41. The Labute approximate surface area is 112 Å². The van der Waals surface area contributed by atoms with Gasteiger partial charge in [-0.15, -0.1) is 0 Å². The predicted molar refractivity (Wildman–Crippen MR) is 72.5 cm³/mol. The lowest BCUT2D eigenvalue weighted by molar-refractivity contribution is -0.142. The van der Waals surface area contributed by atoms with Gasteiger partial charge in [0, 0.05) is 6.54 Å². The molecule has 1 amide bonds. The Morgan fingerprint density at radius 2 is 2.17 bits per heavy atom. The molecule has 0 unspecified atom stereocenters. The molecule has 0 heterocycles. The third kappa shape index (κ3) is 4.49. The molecular weight excluding hydrogens is 252 g/mol. The molecule has 0 aromatic carbocycles. The Balaban J connectivity index is 2.34. The summed E-state index contributed by atoms with van der Waals surface area (Å²) < 4.78 is 0. The quantitative estimate of drug-likeness (QED) is 0.609. The summed E-state index contributed by atoms with van der Waals surface area (Å²) in [5.41, 5.74) is 5.52. The summed E-state index contributed by atoms with van der Waals surface area (Å²) in [6, 6.07) is -0.487. The highest BCUT2D eigenvalue weighted by Gasteiger charge is 2.39. The van der Waals surface area contributed by atoms with E-state index in [4.69, 9.17) is 10.8 Å². The molecule has 1 rings (SSSR count). The predicted octanol–water partition coefficient (Wildman–Crippen LogP) is 0.828. The van der Waals surface area contributed by atoms with Crippen LogP contribution in [0.5, 0.6) is 0 Å². The summed E-state index contributed by atoms with van der Waals surface area (Å²) in [6.07, 6.45) is 5.55. The Bertz CT molecular complexity index is 306. The minimum atomic E-state index is -0.796. The number of carbonyl (C=O) groups excluding carboxylic acids is 1. The maximum Gasteiger partial charge on any atom is 0.303 e. The van der Waals surface area contributed by atoms with Gasteiger partial charge in [0.15, 0.2) is 0 Å². The minimum Gasteiger partial charge on any atom is -0.481 e. The molecule has 104 valence electrons. The summed E-state index contributed by atoms with van der Waals surface area (Å²) in [4.78, 5) is 22.5. The molecule has 0 aliphatic heterocycles. The second kappa shape index (κ2) is 6.99. The van der Waals surface area contributed by atoms with E-state index in [1.165, 1.54) is 0 Å². The minimum absolute atomic E-state index is 0.132. The monoisotopic (exact) mass is 274 g/mol. The fourth-order valence-corrected chi connectivity index (χ4v) is 2.68. The van der Waals surface area contributed by atoms with Gasteiger partial charge in [-0.2, -0.15) is 11.8 Å². The Morgan fingerprint density at radius 1 is 1.50 bits per heavy atom. The number of amides is 1. The first kappa shape index (κ1) is 15.3. The fourth-order valence-electron chi connectivity index (χ4n) is 2.20. The highest BCUT2D eigenvalue weighted by molar-refractivity contribution is 7.98. The maximum absolute atomic E-state index is 11.7. The van der Waals surface area contributed by atoms with Crippen molar-refractivity contribution in [3.8, 4) is 0 Å². The van der Waals surface area contributed by atoms with Crippen LogP contribution in [-0.2, 0) is 9.59 Å². The molecule has 0 aromatic rings. The van der Waals surface area contributed by atoms with Crippen molar-refractivity contribution in [2.45, 2.75) is 38.1 Å². The zero-order valence-electron chi connectivity index (χ0n) is 10.8. The van der Waals surface area contributed by atoms with Crippen LogP contribution in [0.3, 0.4) is 0 Å². The summed E-state index contributed by atoms with van der Waals surface area (Å²) >= 11 is 1.66. The summed E-state index contributed by atoms with van der Waals surface area (Å²) in [6.45, 7) is 0.436. The SMILES string of the molecule is CSCC[C@@H](N)C(=O)NCC1(CC(=O)O)CCC1. The number of thioether (sulfide) groups is 1. The second-order valence-corrected chi connectivity index (χ2v) is 6.02. The first-order chi connectivity index (χ1) is 8.49. The molecule has 5 nitrogen and oxygen atoms in total. The Morgan fingerprint density at radius 3 is 2.61 bits per heavy atom. The van der Waals surface area contributed by atoms with E-state index in [1.54, 1.807) is 11.8 Å². The topological polar surface area (TPSA) is 92.4 Å². The average Bonchev–Trinajstić information content (AvgIpc) is 2.28.